The van der Waals surface area contributed by atoms with E-state index in [9.17, 15) is 23.6 Å². The Morgan fingerprint density at radius 3 is 2.44 bits per heavy atom. The first-order chi connectivity index (χ1) is 19.5. The van der Waals surface area contributed by atoms with Crippen LogP contribution in [0.1, 0.15) is 48.2 Å². The Balaban J connectivity index is 0.00000226. The predicted octanol–water partition coefficient (Wildman–Crippen LogP) is 4.30. The minimum absolute atomic E-state index is 0.0158. The molecule has 1 saturated carbocycles. The molecule has 0 saturated heterocycles. The average Bonchev–Trinajstić information content (AvgIpc) is 3.81. The second-order valence-corrected chi connectivity index (χ2v) is 9.54. The second-order valence-electron chi connectivity index (χ2n) is 9.54. The Hall–Kier alpha value is -4.67. The third-order valence-corrected chi connectivity index (χ3v) is 6.62. The van der Waals surface area contributed by atoms with E-state index in [1.54, 1.807) is 43.1 Å². The lowest BCUT2D eigenvalue weighted by Crippen LogP contribution is -2.35. The van der Waals surface area contributed by atoms with Crippen molar-refractivity contribution in [2.75, 3.05) is 23.9 Å². The lowest BCUT2D eigenvalue weighted by Gasteiger charge is -2.28. The van der Waals surface area contributed by atoms with Crippen LogP contribution in [0.3, 0.4) is 0 Å². The molecule has 11 heteroatoms. The SMILES string of the molecule is CC.Cc1ccc(Nc2c(C(=O)N(C)C3CC3)c(N(C=O)c3cccc(OCC(N)=O)c3)c(C)c(=O)n2C)c(F)c1. The number of hydrogen-bond donors (Lipinski definition) is 2. The van der Waals surface area contributed by atoms with Crippen LogP contribution in [0, 0.1) is 19.7 Å². The molecule has 0 unspecified atom stereocenters. The van der Waals surface area contributed by atoms with E-state index in [-0.39, 0.29) is 52.4 Å². The van der Waals surface area contributed by atoms with Crippen molar-refractivity contribution in [3.8, 4) is 5.75 Å². The molecule has 2 aromatic carbocycles. The fraction of sp³-hybridized carbons (Fsp3) is 0.333. The number of anilines is 4. The highest BCUT2D eigenvalue weighted by atomic mass is 19.1. The van der Waals surface area contributed by atoms with E-state index >= 15 is 0 Å². The normalized spacial score (nSPS) is 12.1. The number of aryl methyl sites for hydroxylation is 1. The van der Waals surface area contributed by atoms with Crippen molar-refractivity contribution in [2.24, 2.45) is 12.8 Å². The molecule has 0 bridgehead atoms. The number of carbonyl (C=O) groups excluding carboxylic acids is 3. The molecule has 1 aromatic heterocycles. The van der Waals surface area contributed by atoms with Gasteiger partial charge in [-0.1, -0.05) is 26.0 Å². The summed E-state index contributed by atoms with van der Waals surface area (Å²) in [6.07, 6.45) is 2.14. The minimum Gasteiger partial charge on any atom is -0.484 e. The summed E-state index contributed by atoms with van der Waals surface area (Å²) < 4.78 is 21.5. The first-order valence-corrected chi connectivity index (χ1v) is 13.3. The van der Waals surface area contributed by atoms with Crippen LogP contribution >= 0.6 is 0 Å². The zero-order valence-corrected chi connectivity index (χ0v) is 24.2. The van der Waals surface area contributed by atoms with Gasteiger partial charge in [-0.3, -0.25) is 28.6 Å². The van der Waals surface area contributed by atoms with Crippen LogP contribution in [0.5, 0.6) is 5.75 Å². The van der Waals surface area contributed by atoms with E-state index in [1.807, 2.05) is 13.8 Å². The summed E-state index contributed by atoms with van der Waals surface area (Å²) in [6, 6.07) is 10.8. The van der Waals surface area contributed by atoms with Crippen LogP contribution in [0.15, 0.2) is 47.3 Å². The van der Waals surface area contributed by atoms with Gasteiger partial charge in [0.2, 0.25) is 6.41 Å². The Morgan fingerprint density at radius 2 is 1.85 bits per heavy atom. The number of benzene rings is 2. The van der Waals surface area contributed by atoms with Gasteiger partial charge in [-0.05, 0) is 56.5 Å². The molecule has 1 heterocycles. The summed E-state index contributed by atoms with van der Waals surface area (Å²) in [5.41, 5.74) is 5.94. The summed E-state index contributed by atoms with van der Waals surface area (Å²) >= 11 is 0. The Bertz CT molecular complexity index is 1520. The molecule has 0 aliphatic heterocycles. The summed E-state index contributed by atoms with van der Waals surface area (Å²) in [5, 5.41) is 2.94. The number of aromatic nitrogens is 1. The average molecular weight is 566 g/mol. The largest absolute Gasteiger partial charge is 0.484 e. The first kappa shape index (κ1) is 30.9. The van der Waals surface area contributed by atoms with Crippen molar-refractivity contribution in [1.29, 1.82) is 0 Å². The molecule has 3 amide bonds. The lowest BCUT2D eigenvalue weighted by molar-refractivity contribution is -0.120. The molecule has 1 fully saturated rings. The summed E-state index contributed by atoms with van der Waals surface area (Å²) in [5.74, 6) is -1.39. The smallest absolute Gasteiger partial charge is 0.259 e. The number of nitrogens with one attached hydrogen (secondary N) is 1. The third kappa shape index (κ3) is 6.74. The fourth-order valence-electron chi connectivity index (χ4n) is 4.35. The zero-order chi connectivity index (χ0) is 30.4. The van der Waals surface area contributed by atoms with Crippen LogP contribution in [0.4, 0.5) is 27.3 Å². The Morgan fingerprint density at radius 1 is 1.17 bits per heavy atom. The van der Waals surface area contributed by atoms with Crippen molar-refractivity contribution in [3.05, 3.63) is 75.3 Å². The van der Waals surface area contributed by atoms with Crippen LogP contribution < -0.4 is 26.2 Å². The van der Waals surface area contributed by atoms with E-state index in [0.29, 0.717) is 12.0 Å². The second kappa shape index (κ2) is 13.1. The van der Waals surface area contributed by atoms with Crippen LogP contribution in [0.2, 0.25) is 0 Å². The topological polar surface area (TPSA) is 127 Å². The van der Waals surface area contributed by atoms with E-state index in [4.69, 9.17) is 10.5 Å². The third-order valence-electron chi connectivity index (χ3n) is 6.62. The van der Waals surface area contributed by atoms with E-state index < -0.39 is 23.2 Å². The molecule has 1 aliphatic carbocycles. The number of primary amides is 1. The molecule has 10 nitrogen and oxygen atoms in total. The monoisotopic (exact) mass is 565 g/mol. The van der Waals surface area contributed by atoms with Crippen molar-refractivity contribution in [2.45, 2.75) is 46.6 Å². The molecular formula is C30H36FN5O5. The van der Waals surface area contributed by atoms with Crippen molar-refractivity contribution >= 4 is 41.1 Å². The number of nitrogens with zero attached hydrogens (tertiary/aromatic N) is 3. The molecule has 41 heavy (non-hydrogen) atoms. The molecular weight excluding hydrogens is 529 g/mol. The van der Waals surface area contributed by atoms with E-state index in [1.165, 1.54) is 41.6 Å². The molecule has 4 rings (SSSR count). The quantitative estimate of drug-likeness (QED) is 0.353. The van der Waals surface area contributed by atoms with E-state index in [0.717, 1.165) is 12.8 Å². The highest BCUT2D eigenvalue weighted by Crippen LogP contribution is 2.38. The van der Waals surface area contributed by atoms with Gasteiger partial charge in [0.1, 0.15) is 22.9 Å². The highest BCUT2D eigenvalue weighted by Gasteiger charge is 2.35. The van der Waals surface area contributed by atoms with Gasteiger partial charge in [0.15, 0.2) is 6.61 Å². The molecule has 218 valence electrons. The van der Waals surface area contributed by atoms with Crippen molar-refractivity contribution < 1.29 is 23.5 Å². The van der Waals surface area contributed by atoms with Gasteiger partial charge in [0.25, 0.3) is 17.4 Å². The number of amides is 3. The zero-order valence-electron chi connectivity index (χ0n) is 24.2. The Kier molecular flexibility index (Phi) is 9.88. The first-order valence-electron chi connectivity index (χ1n) is 13.3. The van der Waals surface area contributed by atoms with Gasteiger partial charge < -0.3 is 20.7 Å². The minimum atomic E-state index is -0.676. The van der Waals surface area contributed by atoms with Crippen molar-refractivity contribution in [1.82, 2.24) is 9.47 Å². The van der Waals surface area contributed by atoms with Gasteiger partial charge >= 0.3 is 0 Å². The number of nitrogens with two attached hydrogens (primary N) is 1. The number of hydrogen-bond acceptors (Lipinski definition) is 6. The van der Waals surface area contributed by atoms with Gasteiger partial charge in [0, 0.05) is 31.8 Å². The Labute approximate surface area is 238 Å². The van der Waals surface area contributed by atoms with Gasteiger partial charge in [-0.2, -0.15) is 0 Å². The van der Waals surface area contributed by atoms with Gasteiger partial charge in [-0.15, -0.1) is 0 Å². The van der Waals surface area contributed by atoms with Crippen LogP contribution in [0.25, 0.3) is 0 Å². The molecule has 1 aliphatic rings. The van der Waals surface area contributed by atoms with Gasteiger partial charge in [-0.25, -0.2) is 4.39 Å². The lowest BCUT2D eigenvalue weighted by atomic mass is 10.1. The van der Waals surface area contributed by atoms with Gasteiger partial charge in [0.05, 0.1) is 17.1 Å². The summed E-state index contributed by atoms with van der Waals surface area (Å²) in [4.78, 5) is 53.9. The number of pyridine rings is 1. The molecule has 3 aromatic rings. The summed E-state index contributed by atoms with van der Waals surface area (Å²) in [6.45, 7) is 6.89. The maximum atomic E-state index is 14.9. The molecule has 0 spiro atoms. The van der Waals surface area contributed by atoms with Crippen LogP contribution in [-0.2, 0) is 16.6 Å². The number of rotatable bonds is 10. The molecule has 0 radical (unpaired) electrons. The maximum Gasteiger partial charge on any atom is 0.259 e. The highest BCUT2D eigenvalue weighted by molar-refractivity contribution is 6.09. The number of ether oxygens (including phenoxy) is 1. The summed E-state index contributed by atoms with van der Waals surface area (Å²) in [7, 11) is 3.13. The van der Waals surface area contributed by atoms with Crippen LogP contribution in [-0.4, -0.2) is 47.4 Å². The molecule has 3 N–H and O–H groups in total. The van der Waals surface area contributed by atoms with E-state index in [2.05, 4.69) is 5.32 Å². The van der Waals surface area contributed by atoms with Crippen molar-refractivity contribution in [3.63, 3.8) is 0 Å². The number of carbonyl (C=O) groups is 3. The predicted molar refractivity (Wildman–Crippen MR) is 157 cm³/mol. The standard InChI is InChI=1S/C28H30FN5O5.C2H6/c1-16-8-11-22(21(29)12-16)31-26-24(28(38)32(3)18-9-10-18)25(17(2)27(37)33(26)4)34(15-35)19-6-5-7-20(13-19)39-14-23(30)36;1-2/h5-8,11-13,15,18,31H,9-10,14H2,1-4H3,(H2,30,36);1-2H3. The number of halogens is 1. The maximum absolute atomic E-state index is 14.9. The molecule has 0 atom stereocenters. The fourth-order valence-corrected chi connectivity index (χ4v) is 4.35.